The van der Waals surface area contributed by atoms with E-state index in [1.807, 2.05) is 31.7 Å². The second-order valence-corrected chi connectivity index (χ2v) is 8.66. The number of aromatic nitrogens is 4. The van der Waals surface area contributed by atoms with Crippen LogP contribution in [0.15, 0.2) is 30.9 Å². The number of hydrogen-bond donors (Lipinski definition) is 1. The van der Waals surface area contributed by atoms with Gasteiger partial charge in [-0.1, -0.05) is 12.8 Å². The van der Waals surface area contributed by atoms with Crippen LogP contribution in [0, 0.1) is 0 Å². The van der Waals surface area contributed by atoms with Crippen LogP contribution in [0.3, 0.4) is 0 Å². The number of alkyl halides is 1. The van der Waals surface area contributed by atoms with Gasteiger partial charge in [0.15, 0.2) is 0 Å². The van der Waals surface area contributed by atoms with E-state index in [-0.39, 0.29) is 0 Å². The van der Waals surface area contributed by atoms with Crippen LogP contribution in [0.5, 0.6) is 0 Å². The molecule has 0 aromatic carbocycles. The Kier molecular flexibility index (Phi) is 4.88. The van der Waals surface area contributed by atoms with E-state index < -0.39 is 5.67 Å². The second kappa shape index (κ2) is 7.41. The van der Waals surface area contributed by atoms with Crippen LogP contribution in [0.2, 0.25) is 0 Å². The highest BCUT2D eigenvalue weighted by atomic mass is 32.1. The molecule has 3 aromatic heterocycles. The van der Waals surface area contributed by atoms with Crippen LogP contribution >= 0.6 is 12.8 Å². The third kappa shape index (κ3) is 3.47. The standard InChI is InChI=1S/C21H26FN5OS/c1-25-13-15(11-24-25)19-14-27(29)20-18(19)10-16(12-23-20)21(22)4-2-17(3-5-21)26-6-8-28-9-7-26/h10-14,17,29H,2-9H2,1H3. The molecule has 1 saturated heterocycles. The quantitative estimate of drug-likeness (QED) is 0.665. The number of rotatable bonds is 3. The fraction of sp³-hybridized carbons (Fsp3) is 0.524. The van der Waals surface area contributed by atoms with Crippen molar-refractivity contribution in [1.29, 1.82) is 0 Å². The minimum atomic E-state index is -1.32. The molecule has 2 aliphatic rings. The van der Waals surface area contributed by atoms with Gasteiger partial charge < -0.3 is 4.74 Å². The first-order chi connectivity index (χ1) is 14.0. The number of fused-ring (bicyclic) bond motifs is 1. The Hall–Kier alpha value is -1.90. The van der Waals surface area contributed by atoms with Gasteiger partial charge in [0.25, 0.3) is 0 Å². The molecule has 3 aromatic rings. The number of nitrogens with zero attached hydrogens (tertiary/aromatic N) is 5. The van der Waals surface area contributed by atoms with Crippen LogP contribution in [-0.4, -0.2) is 56.0 Å². The number of ether oxygens (including phenoxy) is 1. The predicted octanol–water partition coefficient (Wildman–Crippen LogP) is 3.57. The third-order valence-electron chi connectivity index (χ3n) is 6.47. The van der Waals surface area contributed by atoms with E-state index >= 15 is 4.39 Å². The van der Waals surface area contributed by atoms with Crippen molar-refractivity contribution in [3.8, 4) is 11.1 Å². The molecule has 8 heteroatoms. The SMILES string of the molecule is Cn1cc(-c2cn(S)c3ncc(C4(F)CCC(N5CCOCC5)CC4)cc23)cn1. The van der Waals surface area contributed by atoms with Gasteiger partial charge >= 0.3 is 0 Å². The molecule has 0 N–H and O–H groups in total. The molecule has 1 saturated carbocycles. The molecule has 4 heterocycles. The van der Waals surface area contributed by atoms with Gasteiger partial charge in [0.2, 0.25) is 0 Å². The lowest BCUT2D eigenvalue weighted by Gasteiger charge is -2.41. The summed E-state index contributed by atoms with van der Waals surface area (Å²) in [6.07, 6.45) is 10.2. The molecule has 5 rings (SSSR count). The highest BCUT2D eigenvalue weighted by Crippen LogP contribution is 2.43. The second-order valence-electron chi connectivity index (χ2n) is 8.23. The number of thiol groups is 1. The minimum Gasteiger partial charge on any atom is -0.379 e. The van der Waals surface area contributed by atoms with Gasteiger partial charge in [-0.25, -0.2) is 9.37 Å². The normalized spacial score (nSPS) is 26.2. The van der Waals surface area contributed by atoms with Gasteiger partial charge in [-0.3, -0.25) is 13.6 Å². The zero-order valence-electron chi connectivity index (χ0n) is 16.6. The summed E-state index contributed by atoms with van der Waals surface area (Å²) in [5.74, 6) is 0. The Morgan fingerprint density at radius 3 is 2.62 bits per heavy atom. The molecule has 0 spiro atoms. The van der Waals surface area contributed by atoms with Gasteiger partial charge in [-0.2, -0.15) is 5.10 Å². The number of pyridine rings is 1. The maximum atomic E-state index is 16.0. The molecule has 0 radical (unpaired) electrons. The van der Waals surface area contributed by atoms with E-state index in [1.165, 1.54) is 0 Å². The lowest BCUT2D eigenvalue weighted by molar-refractivity contribution is -0.0116. The summed E-state index contributed by atoms with van der Waals surface area (Å²) in [4.78, 5) is 7.02. The molecule has 2 fully saturated rings. The van der Waals surface area contributed by atoms with Crippen molar-refractivity contribution in [2.24, 2.45) is 7.05 Å². The van der Waals surface area contributed by atoms with Crippen molar-refractivity contribution in [3.63, 3.8) is 0 Å². The summed E-state index contributed by atoms with van der Waals surface area (Å²) in [5, 5.41) is 5.18. The smallest absolute Gasteiger partial charge is 0.150 e. The van der Waals surface area contributed by atoms with Crippen molar-refractivity contribution in [1.82, 2.24) is 23.6 Å². The Morgan fingerprint density at radius 1 is 1.17 bits per heavy atom. The van der Waals surface area contributed by atoms with Crippen LogP contribution in [0.1, 0.15) is 31.2 Å². The monoisotopic (exact) mass is 415 g/mol. The van der Waals surface area contributed by atoms with Crippen LogP contribution in [0.25, 0.3) is 22.2 Å². The maximum Gasteiger partial charge on any atom is 0.150 e. The van der Waals surface area contributed by atoms with Crippen molar-refractivity contribution in [2.45, 2.75) is 37.4 Å². The number of morpholine rings is 1. The lowest BCUT2D eigenvalue weighted by atomic mass is 9.79. The highest BCUT2D eigenvalue weighted by molar-refractivity contribution is 7.78. The topological polar surface area (TPSA) is 48.1 Å². The Balaban J connectivity index is 1.43. The van der Waals surface area contributed by atoms with Crippen molar-refractivity contribution in [2.75, 3.05) is 26.3 Å². The van der Waals surface area contributed by atoms with Gasteiger partial charge in [0.1, 0.15) is 11.3 Å². The molecular weight excluding hydrogens is 389 g/mol. The zero-order chi connectivity index (χ0) is 20.0. The first-order valence-corrected chi connectivity index (χ1v) is 10.6. The number of hydrogen-bond acceptors (Lipinski definition) is 5. The van der Waals surface area contributed by atoms with E-state index in [4.69, 9.17) is 4.74 Å². The fourth-order valence-corrected chi connectivity index (χ4v) is 5.06. The zero-order valence-corrected chi connectivity index (χ0v) is 17.5. The Bertz CT molecular complexity index is 1020. The average Bonchev–Trinajstić information content (AvgIpc) is 3.32. The molecule has 1 aliphatic heterocycles. The van der Waals surface area contributed by atoms with Crippen molar-refractivity contribution in [3.05, 3.63) is 36.4 Å². The average molecular weight is 416 g/mol. The molecule has 0 amide bonds. The van der Waals surface area contributed by atoms with Crippen molar-refractivity contribution >= 4 is 23.8 Å². The van der Waals surface area contributed by atoms with Gasteiger partial charge in [0, 0.05) is 66.8 Å². The molecule has 6 nitrogen and oxygen atoms in total. The molecule has 0 unspecified atom stereocenters. The molecule has 0 atom stereocenters. The van der Waals surface area contributed by atoms with Gasteiger partial charge in [0.05, 0.1) is 19.4 Å². The summed E-state index contributed by atoms with van der Waals surface area (Å²) in [7, 11) is 1.89. The van der Waals surface area contributed by atoms with Crippen LogP contribution in [0.4, 0.5) is 4.39 Å². The summed E-state index contributed by atoms with van der Waals surface area (Å²) in [5.41, 5.74) is 2.04. The Labute approximate surface area is 175 Å². The van der Waals surface area contributed by atoms with E-state index in [0.29, 0.717) is 24.4 Å². The largest absolute Gasteiger partial charge is 0.379 e. The van der Waals surface area contributed by atoms with E-state index in [9.17, 15) is 0 Å². The summed E-state index contributed by atoms with van der Waals surface area (Å²) in [6, 6.07) is 2.43. The maximum absolute atomic E-state index is 16.0. The fourth-order valence-electron chi connectivity index (χ4n) is 4.78. The number of aryl methyl sites for hydroxylation is 1. The summed E-state index contributed by atoms with van der Waals surface area (Å²) >= 11 is 4.50. The Morgan fingerprint density at radius 2 is 1.93 bits per heavy atom. The van der Waals surface area contributed by atoms with E-state index in [1.54, 1.807) is 14.9 Å². The van der Waals surface area contributed by atoms with E-state index in [2.05, 4.69) is 27.8 Å². The molecular formula is C21H26FN5OS. The van der Waals surface area contributed by atoms with Crippen molar-refractivity contribution < 1.29 is 9.13 Å². The molecule has 0 bridgehead atoms. The lowest BCUT2D eigenvalue weighted by Crippen LogP contribution is -2.46. The minimum absolute atomic E-state index is 0.462. The third-order valence-corrected chi connectivity index (χ3v) is 6.77. The van der Waals surface area contributed by atoms with E-state index in [0.717, 1.165) is 61.3 Å². The summed E-state index contributed by atoms with van der Waals surface area (Å²) < 4.78 is 24.9. The molecule has 1 aliphatic carbocycles. The van der Waals surface area contributed by atoms with Crippen LogP contribution < -0.4 is 0 Å². The summed E-state index contributed by atoms with van der Waals surface area (Å²) in [6.45, 7) is 3.49. The predicted molar refractivity (Wildman–Crippen MR) is 114 cm³/mol. The molecule has 154 valence electrons. The number of halogens is 1. The van der Waals surface area contributed by atoms with Crippen LogP contribution in [-0.2, 0) is 17.5 Å². The molecule has 29 heavy (non-hydrogen) atoms. The first kappa shape index (κ1) is 19.1. The highest BCUT2D eigenvalue weighted by Gasteiger charge is 2.39. The first-order valence-electron chi connectivity index (χ1n) is 10.2. The van der Waals surface area contributed by atoms with Gasteiger partial charge in [-0.15, -0.1) is 0 Å². The van der Waals surface area contributed by atoms with Gasteiger partial charge in [-0.05, 0) is 31.7 Å².